The average Bonchev–Trinajstić information content (AvgIpc) is 3.40. The number of nitrogens with zero attached hydrogens (tertiary/aromatic N) is 5. The van der Waals surface area contributed by atoms with Crippen LogP contribution < -0.4 is 0 Å². The summed E-state index contributed by atoms with van der Waals surface area (Å²) in [7, 11) is 2.18. The molecule has 7 rings (SSSR count). The lowest BCUT2D eigenvalue weighted by atomic mass is 9.43. The predicted molar refractivity (Wildman–Crippen MR) is 111 cm³/mol. The van der Waals surface area contributed by atoms with E-state index in [4.69, 9.17) is 4.98 Å². The van der Waals surface area contributed by atoms with Crippen molar-refractivity contribution in [2.45, 2.75) is 62.2 Å². The second kappa shape index (κ2) is 6.32. The van der Waals surface area contributed by atoms with Crippen LogP contribution >= 0.6 is 0 Å². The van der Waals surface area contributed by atoms with E-state index in [0.29, 0.717) is 22.7 Å². The van der Waals surface area contributed by atoms with Gasteiger partial charge in [-0.1, -0.05) is 0 Å². The molecule has 0 unspecified atom stereocenters. The molecule has 2 aromatic rings. The quantitative estimate of drug-likeness (QED) is 0.733. The maximum absolute atomic E-state index is 13.4. The third-order valence-electron chi connectivity index (χ3n) is 8.02. The maximum atomic E-state index is 13.4. The molecule has 4 aliphatic carbocycles. The monoisotopic (exact) mass is 431 g/mol. The number of hydrogen-bond acceptors (Lipinski definition) is 4. The molecule has 31 heavy (non-hydrogen) atoms. The molecular weight excluding hydrogens is 403 g/mol. The first-order valence-corrected chi connectivity index (χ1v) is 11.3. The van der Waals surface area contributed by atoms with Gasteiger partial charge in [0.15, 0.2) is 0 Å². The topological polar surface area (TPSA) is 37.2 Å². The summed E-state index contributed by atoms with van der Waals surface area (Å²) in [5.41, 5.74) is 0.856. The van der Waals surface area contributed by atoms with Crippen molar-refractivity contribution in [1.29, 1.82) is 0 Å². The molecule has 1 saturated heterocycles. The van der Waals surface area contributed by atoms with E-state index in [-0.39, 0.29) is 11.2 Å². The van der Waals surface area contributed by atoms with Crippen LogP contribution in [-0.2, 0) is 11.7 Å². The number of alkyl halides is 3. The number of aryl methyl sites for hydroxylation is 1. The second-order valence-electron chi connectivity index (χ2n) is 10.3. The van der Waals surface area contributed by atoms with Gasteiger partial charge < -0.3 is 9.47 Å². The molecule has 5 fully saturated rings. The van der Waals surface area contributed by atoms with Crippen LogP contribution in [0.3, 0.4) is 0 Å². The van der Waals surface area contributed by atoms with E-state index in [1.165, 1.54) is 19.2 Å². The van der Waals surface area contributed by atoms with Gasteiger partial charge in [-0.2, -0.15) is 13.2 Å². The van der Waals surface area contributed by atoms with E-state index >= 15 is 0 Å². The summed E-state index contributed by atoms with van der Waals surface area (Å²) < 4.78 is 42.5. The zero-order valence-electron chi connectivity index (χ0n) is 18.0. The van der Waals surface area contributed by atoms with Crippen molar-refractivity contribution in [2.24, 2.45) is 0 Å². The first-order chi connectivity index (χ1) is 14.7. The van der Waals surface area contributed by atoms with Crippen molar-refractivity contribution in [3.05, 3.63) is 35.5 Å². The molecule has 4 saturated carbocycles. The van der Waals surface area contributed by atoms with Crippen LogP contribution in [0.1, 0.15) is 55.1 Å². The Labute approximate surface area is 180 Å². The number of halogens is 3. The Morgan fingerprint density at radius 3 is 2.32 bits per heavy atom. The molecule has 0 radical (unpaired) electrons. The van der Waals surface area contributed by atoms with Gasteiger partial charge in [0.05, 0.1) is 16.8 Å². The lowest BCUT2D eigenvalue weighted by molar-refractivity contribution is -0.213. The standard InChI is InChI=1S/C23H28F3N5/c1-15-18(23(24,25)26)9-17(10-27-15)19-11-31(20(28-19)16-3-4-16)22-12-21(13-22,14-22)30-7-5-29(2)6-8-30/h9-11,16H,3-8,12-14H2,1-2H3. The van der Waals surface area contributed by atoms with Gasteiger partial charge in [-0.3, -0.25) is 9.88 Å². The van der Waals surface area contributed by atoms with Gasteiger partial charge in [-0.15, -0.1) is 0 Å². The normalized spacial score (nSPS) is 31.4. The molecule has 5 aliphatic rings. The molecule has 2 aromatic heterocycles. The number of piperazine rings is 1. The van der Waals surface area contributed by atoms with Crippen LogP contribution in [0.4, 0.5) is 13.2 Å². The average molecular weight is 432 g/mol. The van der Waals surface area contributed by atoms with E-state index in [1.54, 1.807) is 0 Å². The van der Waals surface area contributed by atoms with Crippen LogP contribution in [0.25, 0.3) is 11.3 Å². The summed E-state index contributed by atoms with van der Waals surface area (Å²) in [5, 5.41) is 0. The van der Waals surface area contributed by atoms with Gasteiger partial charge >= 0.3 is 6.18 Å². The van der Waals surface area contributed by atoms with E-state index in [2.05, 4.69) is 26.4 Å². The number of hydrogen-bond donors (Lipinski definition) is 0. The largest absolute Gasteiger partial charge is 0.418 e. The zero-order chi connectivity index (χ0) is 21.6. The second-order valence-corrected chi connectivity index (χ2v) is 10.3. The number of pyridine rings is 1. The van der Waals surface area contributed by atoms with Gasteiger partial charge in [-0.05, 0) is 52.1 Å². The highest BCUT2D eigenvalue weighted by molar-refractivity contribution is 5.60. The van der Waals surface area contributed by atoms with E-state index in [9.17, 15) is 13.2 Å². The van der Waals surface area contributed by atoms with Crippen LogP contribution in [-0.4, -0.2) is 63.1 Å². The summed E-state index contributed by atoms with van der Waals surface area (Å²) in [4.78, 5) is 13.9. The van der Waals surface area contributed by atoms with Gasteiger partial charge in [0.25, 0.3) is 0 Å². The molecule has 166 valence electrons. The van der Waals surface area contributed by atoms with Gasteiger partial charge in [0.1, 0.15) is 5.82 Å². The van der Waals surface area contributed by atoms with Crippen molar-refractivity contribution in [3.8, 4) is 11.3 Å². The molecule has 1 aliphatic heterocycles. The summed E-state index contributed by atoms with van der Waals surface area (Å²) in [5.74, 6) is 1.51. The molecule has 2 bridgehead atoms. The number of likely N-dealkylation sites (N-methyl/N-ethyl adjacent to an activating group) is 1. The van der Waals surface area contributed by atoms with Gasteiger partial charge in [0, 0.05) is 61.3 Å². The lowest BCUT2D eigenvalue weighted by Crippen LogP contribution is -2.80. The Morgan fingerprint density at radius 1 is 1.03 bits per heavy atom. The molecule has 0 amide bonds. The zero-order valence-corrected chi connectivity index (χ0v) is 18.0. The van der Waals surface area contributed by atoms with E-state index in [1.807, 2.05) is 6.20 Å². The molecule has 0 N–H and O–H groups in total. The van der Waals surface area contributed by atoms with Gasteiger partial charge in [0.2, 0.25) is 0 Å². The Bertz CT molecular complexity index is 1010. The fourth-order valence-corrected chi connectivity index (χ4v) is 6.06. The molecule has 0 spiro atoms. The maximum Gasteiger partial charge on any atom is 0.418 e. The molecular formula is C23H28F3N5. The third-order valence-corrected chi connectivity index (χ3v) is 8.02. The highest BCUT2D eigenvalue weighted by atomic mass is 19.4. The van der Waals surface area contributed by atoms with Crippen LogP contribution in [0.5, 0.6) is 0 Å². The van der Waals surface area contributed by atoms with Crippen molar-refractivity contribution in [2.75, 3.05) is 33.2 Å². The molecule has 8 heteroatoms. The minimum absolute atomic E-state index is 0.00615. The first-order valence-electron chi connectivity index (χ1n) is 11.3. The summed E-state index contributed by atoms with van der Waals surface area (Å²) in [6.45, 7) is 5.91. The lowest BCUT2D eigenvalue weighted by Gasteiger charge is -2.75. The molecule has 3 heterocycles. The van der Waals surface area contributed by atoms with Crippen molar-refractivity contribution >= 4 is 0 Å². The first kappa shape index (κ1) is 19.7. The van der Waals surface area contributed by atoms with E-state index < -0.39 is 11.7 Å². The Hall–Kier alpha value is -1.93. The minimum atomic E-state index is -4.41. The number of rotatable bonds is 4. The Balaban J connectivity index is 1.29. The number of imidazole rings is 1. The Morgan fingerprint density at radius 2 is 1.71 bits per heavy atom. The predicted octanol–water partition coefficient (Wildman–Crippen LogP) is 4.03. The molecule has 0 aromatic carbocycles. The van der Waals surface area contributed by atoms with Crippen molar-refractivity contribution in [1.82, 2.24) is 24.3 Å². The minimum Gasteiger partial charge on any atom is -0.328 e. The highest BCUT2D eigenvalue weighted by Crippen LogP contribution is 2.69. The van der Waals surface area contributed by atoms with Crippen molar-refractivity contribution < 1.29 is 13.2 Å². The van der Waals surface area contributed by atoms with Crippen LogP contribution in [0.15, 0.2) is 18.5 Å². The van der Waals surface area contributed by atoms with Gasteiger partial charge in [-0.25, -0.2) is 4.98 Å². The molecule has 5 nitrogen and oxygen atoms in total. The van der Waals surface area contributed by atoms with E-state index in [0.717, 1.165) is 64.1 Å². The fraction of sp³-hybridized carbons (Fsp3) is 0.652. The van der Waals surface area contributed by atoms with Crippen LogP contribution in [0.2, 0.25) is 0 Å². The number of aromatic nitrogens is 3. The van der Waals surface area contributed by atoms with Crippen LogP contribution in [0, 0.1) is 6.92 Å². The highest BCUT2D eigenvalue weighted by Gasteiger charge is 2.71. The summed E-state index contributed by atoms with van der Waals surface area (Å²) in [6.07, 6.45) is 4.79. The Kier molecular flexibility index (Phi) is 4.02. The molecule has 0 atom stereocenters. The van der Waals surface area contributed by atoms with Crippen molar-refractivity contribution in [3.63, 3.8) is 0 Å². The summed E-state index contributed by atoms with van der Waals surface area (Å²) in [6, 6.07) is 1.21. The smallest absolute Gasteiger partial charge is 0.328 e. The third kappa shape index (κ3) is 2.98. The summed E-state index contributed by atoms with van der Waals surface area (Å²) >= 11 is 0. The SMILES string of the molecule is Cc1ncc(-c2cn(C34CC(N5CCN(C)CC5)(C3)C4)c(C3CC3)n2)cc1C(F)(F)F. The fourth-order valence-electron chi connectivity index (χ4n) is 6.06.